The average Bonchev–Trinajstić information content (AvgIpc) is 3.12. The lowest BCUT2D eigenvalue weighted by Gasteiger charge is -2.22. The lowest BCUT2D eigenvalue weighted by Crippen LogP contribution is -2.36. The number of benzene rings is 1. The summed E-state index contributed by atoms with van der Waals surface area (Å²) in [6, 6.07) is 6.31. The molecule has 1 aromatic carbocycles. The predicted octanol–water partition coefficient (Wildman–Crippen LogP) is 4.03. The fourth-order valence-electron chi connectivity index (χ4n) is 4.02. The maximum atomic E-state index is 12.4. The van der Waals surface area contributed by atoms with Crippen LogP contribution in [-0.2, 0) is 16.0 Å². The third-order valence-corrected chi connectivity index (χ3v) is 5.42. The molecular formula is C19H26O3. The van der Waals surface area contributed by atoms with Gasteiger partial charge in [0.25, 0.3) is 0 Å². The van der Waals surface area contributed by atoms with Crippen LogP contribution < -0.4 is 4.74 Å². The van der Waals surface area contributed by atoms with E-state index in [1.165, 1.54) is 11.1 Å². The number of Topliss-reactive ketones (excluding diaryl/α,β-unsaturated/α-hetero) is 1. The molecular weight excluding hydrogens is 276 g/mol. The number of methoxy groups -OCH3 is 1. The molecule has 1 saturated carbocycles. The molecule has 0 aromatic heterocycles. The molecule has 3 heteroatoms. The maximum absolute atomic E-state index is 12.4. The van der Waals surface area contributed by atoms with Crippen molar-refractivity contribution in [1.82, 2.24) is 0 Å². The number of carbonyl (C=O) groups is 1. The number of rotatable bonds is 5. The van der Waals surface area contributed by atoms with Crippen molar-refractivity contribution < 1.29 is 14.3 Å². The number of para-hydroxylation sites is 1. The van der Waals surface area contributed by atoms with E-state index in [-0.39, 0.29) is 5.60 Å². The predicted molar refractivity (Wildman–Crippen MR) is 86.5 cm³/mol. The highest BCUT2D eigenvalue weighted by atomic mass is 16.6. The van der Waals surface area contributed by atoms with Crippen molar-refractivity contribution in [2.45, 2.75) is 70.0 Å². The van der Waals surface area contributed by atoms with Gasteiger partial charge >= 0.3 is 0 Å². The molecule has 1 saturated heterocycles. The SMILES string of the molecule is COc1c(CCC23OC2(C)CCCC3=O)cccc1C(C)C. The molecule has 0 spiro atoms. The molecule has 2 aliphatic rings. The van der Waals surface area contributed by atoms with Gasteiger partial charge in [0, 0.05) is 6.42 Å². The van der Waals surface area contributed by atoms with E-state index in [0.717, 1.165) is 31.4 Å². The average molecular weight is 302 g/mol. The lowest BCUT2D eigenvalue weighted by atomic mass is 9.76. The van der Waals surface area contributed by atoms with E-state index >= 15 is 0 Å². The van der Waals surface area contributed by atoms with E-state index in [0.29, 0.717) is 18.1 Å². The first-order valence-corrected chi connectivity index (χ1v) is 8.33. The molecule has 1 aromatic rings. The van der Waals surface area contributed by atoms with Gasteiger partial charge < -0.3 is 9.47 Å². The van der Waals surface area contributed by atoms with E-state index in [2.05, 4.69) is 39.0 Å². The van der Waals surface area contributed by atoms with E-state index in [9.17, 15) is 4.79 Å². The second-order valence-electron chi connectivity index (χ2n) is 7.13. The zero-order chi connectivity index (χ0) is 16.0. The summed E-state index contributed by atoms with van der Waals surface area (Å²) in [5, 5.41) is 0. The van der Waals surface area contributed by atoms with Crippen molar-refractivity contribution >= 4 is 5.78 Å². The third-order valence-electron chi connectivity index (χ3n) is 5.42. The molecule has 2 atom stereocenters. The van der Waals surface area contributed by atoms with Crippen LogP contribution in [0.25, 0.3) is 0 Å². The molecule has 1 aliphatic heterocycles. The maximum Gasteiger partial charge on any atom is 0.167 e. The molecule has 3 nitrogen and oxygen atoms in total. The van der Waals surface area contributed by atoms with Crippen molar-refractivity contribution in [3.63, 3.8) is 0 Å². The molecule has 3 rings (SSSR count). The van der Waals surface area contributed by atoms with Gasteiger partial charge in [0.2, 0.25) is 0 Å². The van der Waals surface area contributed by atoms with Crippen LogP contribution in [0, 0.1) is 0 Å². The number of aryl methyl sites for hydroxylation is 1. The van der Waals surface area contributed by atoms with Crippen LogP contribution in [0.15, 0.2) is 18.2 Å². The van der Waals surface area contributed by atoms with Crippen LogP contribution in [0.2, 0.25) is 0 Å². The normalized spacial score (nSPS) is 30.3. The van der Waals surface area contributed by atoms with Gasteiger partial charge in [-0.1, -0.05) is 32.0 Å². The van der Waals surface area contributed by atoms with Gasteiger partial charge in [-0.05, 0) is 49.7 Å². The fraction of sp³-hybridized carbons (Fsp3) is 0.632. The first-order chi connectivity index (χ1) is 10.4. The number of ether oxygens (including phenoxy) is 2. The zero-order valence-electron chi connectivity index (χ0n) is 14.1. The number of epoxide rings is 1. The number of hydrogen-bond donors (Lipinski definition) is 0. The second-order valence-corrected chi connectivity index (χ2v) is 7.13. The Balaban J connectivity index is 1.80. The van der Waals surface area contributed by atoms with Gasteiger partial charge in [-0.25, -0.2) is 0 Å². The monoisotopic (exact) mass is 302 g/mol. The topological polar surface area (TPSA) is 38.8 Å². The summed E-state index contributed by atoms with van der Waals surface area (Å²) in [7, 11) is 1.73. The number of carbonyl (C=O) groups excluding carboxylic acids is 1. The summed E-state index contributed by atoms with van der Waals surface area (Å²) in [6.45, 7) is 6.43. The molecule has 2 fully saturated rings. The molecule has 22 heavy (non-hydrogen) atoms. The van der Waals surface area contributed by atoms with Crippen molar-refractivity contribution in [2.24, 2.45) is 0 Å². The Labute approximate surface area is 133 Å². The highest BCUT2D eigenvalue weighted by Gasteiger charge is 2.71. The summed E-state index contributed by atoms with van der Waals surface area (Å²) in [5.41, 5.74) is 1.67. The molecule has 0 radical (unpaired) electrons. The van der Waals surface area contributed by atoms with Crippen molar-refractivity contribution in [2.75, 3.05) is 7.11 Å². The van der Waals surface area contributed by atoms with Crippen LogP contribution >= 0.6 is 0 Å². The minimum Gasteiger partial charge on any atom is -0.496 e. The Morgan fingerprint density at radius 2 is 2.14 bits per heavy atom. The van der Waals surface area contributed by atoms with E-state index in [4.69, 9.17) is 9.47 Å². The number of hydrogen-bond acceptors (Lipinski definition) is 3. The van der Waals surface area contributed by atoms with Crippen LogP contribution in [-0.4, -0.2) is 24.1 Å². The van der Waals surface area contributed by atoms with Gasteiger partial charge in [0.05, 0.1) is 7.11 Å². The second kappa shape index (κ2) is 5.38. The van der Waals surface area contributed by atoms with E-state index in [1.54, 1.807) is 7.11 Å². The van der Waals surface area contributed by atoms with Crippen molar-refractivity contribution in [3.8, 4) is 5.75 Å². The summed E-state index contributed by atoms with van der Waals surface area (Å²) in [4.78, 5) is 12.4. The van der Waals surface area contributed by atoms with Gasteiger partial charge in [0.1, 0.15) is 11.4 Å². The van der Waals surface area contributed by atoms with E-state index in [1.807, 2.05) is 0 Å². The Hall–Kier alpha value is -1.35. The van der Waals surface area contributed by atoms with Crippen molar-refractivity contribution in [3.05, 3.63) is 29.3 Å². The first-order valence-electron chi connectivity index (χ1n) is 8.33. The van der Waals surface area contributed by atoms with Crippen LogP contribution in [0.1, 0.15) is 63.5 Å². The van der Waals surface area contributed by atoms with Gasteiger partial charge in [0.15, 0.2) is 11.4 Å². The van der Waals surface area contributed by atoms with Crippen LogP contribution in [0.4, 0.5) is 0 Å². The minimum absolute atomic E-state index is 0.217. The summed E-state index contributed by atoms with van der Waals surface area (Å²) in [6.07, 6.45) is 4.22. The molecule has 0 N–H and O–H groups in total. The Morgan fingerprint density at radius 3 is 2.77 bits per heavy atom. The highest BCUT2D eigenvalue weighted by molar-refractivity contribution is 5.92. The van der Waals surface area contributed by atoms with Crippen molar-refractivity contribution in [1.29, 1.82) is 0 Å². The summed E-state index contributed by atoms with van der Waals surface area (Å²) < 4.78 is 11.6. The Bertz CT molecular complexity index is 592. The van der Waals surface area contributed by atoms with E-state index < -0.39 is 5.60 Å². The first kappa shape index (κ1) is 15.5. The van der Waals surface area contributed by atoms with Gasteiger partial charge in [-0.3, -0.25) is 4.79 Å². The molecule has 0 bridgehead atoms. The fourth-order valence-corrected chi connectivity index (χ4v) is 4.02. The highest BCUT2D eigenvalue weighted by Crippen LogP contribution is 2.57. The minimum atomic E-state index is -0.524. The molecule has 2 unspecified atom stereocenters. The number of fused-ring (bicyclic) bond motifs is 1. The summed E-state index contributed by atoms with van der Waals surface area (Å²) >= 11 is 0. The lowest BCUT2D eigenvalue weighted by molar-refractivity contribution is -0.125. The Morgan fingerprint density at radius 1 is 1.36 bits per heavy atom. The molecule has 120 valence electrons. The molecule has 1 aliphatic carbocycles. The largest absolute Gasteiger partial charge is 0.496 e. The van der Waals surface area contributed by atoms with Gasteiger partial charge in [-0.15, -0.1) is 0 Å². The standard InChI is InChI=1S/C19H26O3/c1-13(2)15-8-5-7-14(17(15)21-4)10-12-19-16(20)9-6-11-18(19,3)22-19/h5,7-8,13H,6,9-12H2,1-4H3. The zero-order valence-corrected chi connectivity index (χ0v) is 14.1. The smallest absolute Gasteiger partial charge is 0.167 e. The third kappa shape index (κ3) is 2.26. The molecule has 1 heterocycles. The quantitative estimate of drug-likeness (QED) is 0.771. The van der Waals surface area contributed by atoms with Crippen LogP contribution in [0.5, 0.6) is 5.75 Å². The Kier molecular flexibility index (Phi) is 3.80. The van der Waals surface area contributed by atoms with Crippen LogP contribution in [0.3, 0.4) is 0 Å². The van der Waals surface area contributed by atoms with Gasteiger partial charge in [-0.2, -0.15) is 0 Å². The summed E-state index contributed by atoms with van der Waals surface area (Å²) in [5.74, 6) is 1.69. The molecule has 0 amide bonds. The number of ketones is 1.